The summed E-state index contributed by atoms with van der Waals surface area (Å²) in [5.41, 5.74) is -1.32. The fraction of sp³-hybridized carbons (Fsp3) is 0.333. The molecule has 2 aliphatic rings. The quantitative estimate of drug-likeness (QED) is 0.811. The Labute approximate surface area is 116 Å². The van der Waals surface area contributed by atoms with Crippen molar-refractivity contribution in [3.8, 4) is 0 Å². The number of allylic oxidation sites excluding steroid dienone is 1. The zero-order valence-electron chi connectivity index (χ0n) is 11.1. The van der Waals surface area contributed by atoms with Crippen molar-refractivity contribution < 1.29 is 19.8 Å². The minimum Gasteiger partial charge on any atom is -0.512 e. The van der Waals surface area contributed by atoms with Crippen LogP contribution in [0.3, 0.4) is 0 Å². The van der Waals surface area contributed by atoms with E-state index >= 15 is 0 Å². The van der Waals surface area contributed by atoms with Crippen molar-refractivity contribution >= 4 is 17.4 Å². The molecule has 1 aromatic rings. The van der Waals surface area contributed by atoms with E-state index in [2.05, 4.69) is 0 Å². The van der Waals surface area contributed by atoms with E-state index in [4.69, 9.17) is 0 Å². The molecule has 0 fully saturated rings. The van der Waals surface area contributed by atoms with Gasteiger partial charge in [-0.15, -0.1) is 0 Å². The Morgan fingerprint density at radius 2 is 1.90 bits per heavy atom. The first-order valence-corrected chi connectivity index (χ1v) is 6.53. The molecule has 3 rings (SSSR count). The molecule has 1 atom stereocenters. The molecule has 5 nitrogen and oxygen atoms in total. The summed E-state index contributed by atoms with van der Waals surface area (Å²) in [4.78, 5) is 25.9. The van der Waals surface area contributed by atoms with Gasteiger partial charge in [0.15, 0.2) is 5.78 Å². The van der Waals surface area contributed by atoms with Crippen LogP contribution in [0, 0.1) is 0 Å². The van der Waals surface area contributed by atoms with Crippen LogP contribution in [-0.4, -0.2) is 29.0 Å². The molecule has 0 spiro atoms. The van der Waals surface area contributed by atoms with E-state index in [-0.39, 0.29) is 23.5 Å². The van der Waals surface area contributed by atoms with Gasteiger partial charge >= 0.3 is 0 Å². The average Bonchev–Trinajstić information content (AvgIpc) is 2.62. The first-order chi connectivity index (χ1) is 9.48. The van der Waals surface area contributed by atoms with E-state index in [0.29, 0.717) is 24.1 Å². The predicted octanol–water partition coefficient (Wildman–Crippen LogP) is 1.42. The lowest BCUT2D eigenvalue weighted by molar-refractivity contribution is -0.135. The lowest BCUT2D eigenvalue weighted by Gasteiger charge is -2.27. The fourth-order valence-corrected chi connectivity index (χ4v) is 3.02. The summed E-state index contributed by atoms with van der Waals surface area (Å²) in [6.07, 6.45) is 1.08. The van der Waals surface area contributed by atoms with Gasteiger partial charge in [0.1, 0.15) is 5.76 Å². The highest BCUT2D eigenvalue weighted by atomic mass is 16.3. The van der Waals surface area contributed by atoms with Gasteiger partial charge in [0.2, 0.25) is 5.60 Å². The third-order valence-corrected chi connectivity index (χ3v) is 4.02. The highest BCUT2D eigenvalue weighted by Crippen LogP contribution is 2.46. The summed E-state index contributed by atoms with van der Waals surface area (Å²) >= 11 is 0. The maximum Gasteiger partial charge on any atom is 0.268 e. The van der Waals surface area contributed by atoms with Crippen molar-refractivity contribution in [2.45, 2.75) is 24.9 Å². The minimum absolute atomic E-state index is 0.162. The van der Waals surface area contributed by atoms with Crippen molar-refractivity contribution in [2.75, 3.05) is 11.9 Å². The lowest BCUT2D eigenvalue weighted by atomic mass is 9.80. The standard InChI is InChI=1S/C15H15NO4/c1-16-10-6-3-2-5-9(10)15(20,14(16)19)13-11(17)7-4-8-12(13)18/h2-3,5-6,17,20H,4,7-8H2,1H3. The van der Waals surface area contributed by atoms with Gasteiger partial charge < -0.3 is 15.1 Å². The van der Waals surface area contributed by atoms with Crippen LogP contribution in [0.4, 0.5) is 5.69 Å². The zero-order valence-corrected chi connectivity index (χ0v) is 11.1. The number of amides is 1. The molecule has 0 bridgehead atoms. The molecular formula is C15H15NO4. The Kier molecular flexibility index (Phi) is 2.69. The number of anilines is 1. The van der Waals surface area contributed by atoms with Crippen LogP contribution in [0.2, 0.25) is 0 Å². The summed E-state index contributed by atoms with van der Waals surface area (Å²) in [6.45, 7) is 0. The number of carbonyl (C=O) groups excluding carboxylic acids is 2. The molecule has 0 aromatic heterocycles. The summed E-state index contributed by atoms with van der Waals surface area (Å²) in [5.74, 6) is -1.15. The number of rotatable bonds is 1. The molecule has 0 saturated heterocycles. The highest BCUT2D eigenvalue weighted by Gasteiger charge is 2.54. The van der Waals surface area contributed by atoms with Gasteiger partial charge in [-0.2, -0.15) is 0 Å². The van der Waals surface area contributed by atoms with E-state index in [1.54, 1.807) is 31.3 Å². The van der Waals surface area contributed by atoms with E-state index in [1.165, 1.54) is 4.90 Å². The Bertz CT molecular complexity index is 649. The number of aliphatic hydroxyl groups is 2. The van der Waals surface area contributed by atoms with Crippen LogP contribution in [0.15, 0.2) is 35.6 Å². The van der Waals surface area contributed by atoms with Gasteiger partial charge in [-0.25, -0.2) is 0 Å². The van der Waals surface area contributed by atoms with Crippen LogP contribution in [0.25, 0.3) is 0 Å². The highest BCUT2D eigenvalue weighted by molar-refractivity contribution is 6.15. The Hall–Kier alpha value is -2.14. The monoisotopic (exact) mass is 273 g/mol. The number of benzene rings is 1. The molecule has 1 unspecified atom stereocenters. The van der Waals surface area contributed by atoms with Gasteiger partial charge in [0.25, 0.3) is 5.91 Å². The van der Waals surface area contributed by atoms with Crippen molar-refractivity contribution in [1.82, 2.24) is 0 Å². The number of Topliss-reactive ketones (excluding diaryl/α,β-unsaturated/α-hetero) is 1. The van der Waals surface area contributed by atoms with Crippen LogP contribution >= 0.6 is 0 Å². The van der Waals surface area contributed by atoms with E-state index in [1.807, 2.05) is 0 Å². The first kappa shape index (κ1) is 12.9. The van der Waals surface area contributed by atoms with E-state index in [9.17, 15) is 19.8 Å². The molecule has 1 aliphatic carbocycles. The number of hydrogen-bond donors (Lipinski definition) is 2. The number of carbonyl (C=O) groups is 2. The normalized spacial score (nSPS) is 26.2. The number of hydrogen-bond acceptors (Lipinski definition) is 4. The largest absolute Gasteiger partial charge is 0.512 e. The predicted molar refractivity (Wildman–Crippen MR) is 72.3 cm³/mol. The van der Waals surface area contributed by atoms with Gasteiger partial charge in [0.05, 0.1) is 11.3 Å². The molecule has 1 aromatic carbocycles. The van der Waals surface area contributed by atoms with E-state index in [0.717, 1.165) is 0 Å². The topological polar surface area (TPSA) is 77.8 Å². The molecule has 5 heteroatoms. The van der Waals surface area contributed by atoms with Crippen LogP contribution < -0.4 is 4.90 Å². The second-order valence-corrected chi connectivity index (χ2v) is 5.19. The molecular weight excluding hydrogens is 258 g/mol. The molecule has 104 valence electrons. The lowest BCUT2D eigenvalue weighted by Crippen LogP contribution is -2.43. The van der Waals surface area contributed by atoms with Crippen molar-refractivity contribution in [3.63, 3.8) is 0 Å². The number of likely N-dealkylation sites (N-methyl/N-ethyl adjacent to an activating group) is 1. The second-order valence-electron chi connectivity index (χ2n) is 5.19. The zero-order chi connectivity index (χ0) is 14.5. The van der Waals surface area contributed by atoms with Crippen LogP contribution in [0.1, 0.15) is 24.8 Å². The molecule has 0 radical (unpaired) electrons. The molecule has 20 heavy (non-hydrogen) atoms. The first-order valence-electron chi connectivity index (χ1n) is 6.53. The Morgan fingerprint density at radius 1 is 1.20 bits per heavy atom. The molecule has 2 N–H and O–H groups in total. The third-order valence-electron chi connectivity index (χ3n) is 4.02. The second kappa shape index (κ2) is 4.18. The average molecular weight is 273 g/mol. The van der Waals surface area contributed by atoms with Gasteiger partial charge in [-0.05, 0) is 12.5 Å². The molecule has 0 saturated carbocycles. The van der Waals surface area contributed by atoms with Crippen molar-refractivity contribution in [3.05, 3.63) is 41.2 Å². The summed E-state index contributed by atoms with van der Waals surface area (Å²) < 4.78 is 0. The molecule has 1 heterocycles. The van der Waals surface area contributed by atoms with Crippen molar-refractivity contribution in [2.24, 2.45) is 0 Å². The summed E-state index contributed by atoms with van der Waals surface area (Å²) in [6, 6.07) is 6.77. The number of aliphatic hydroxyl groups excluding tert-OH is 1. The van der Waals surface area contributed by atoms with Gasteiger partial charge in [0, 0.05) is 25.5 Å². The maximum absolute atomic E-state index is 12.5. The summed E-state index contributed by atoms with van der Waals surface area (Å²) in [5, 5.41) is 20.9. The SMILES string of the molecule is CN1C(=O)C(O)(C2=C(O)CCCC2=O)c2ccccc21. The molecule has 1 amide bonds. The van der Waals surface area contributed by atoms with Crippen LogP contribution in [-0.2, 0) is 15.2 Å². The maximum atomic E-state index is 12.5. The third kappa shape index (κ3) is 1.47. The Morgan fingerprint density at radius 3 is 2.60 bits per heavy atom. The number of ketones is 1. The number of fused-ring (bicyclic) bond motifs is 1. The van der Waals surface area contributed by atoms with Crippen molar-refractivity contribution in [1.29, 1.82) is 0 Å². The summed E-state index contributed by atoms with van der Waals surface area (Å²) in [7, 11) is 1.55. The smallest absolute Gasteiger partial charge is 0.268 e. The fourth-order valence-electron chi connectivity index (χ4n) is 3.02. The van der Waals surface area contributed by atoms with Crippen LogP contribution in [0.5, 0.6) is 0 Å². The van der Waals surface area contributed by atoms with Gasteiger partial charge in [-0.3, -0.25) is 9.59 Å². The Balaban J connectivity index is 2.27. The van der Waals surface area contributed by atoms with Gasteiger partial charge in [-0.1, -0.05) is 18.2 Å². The molecule has 1 aliphatic heterocycles. The van der Waals surface area contributed by atoms with E-state index < -0.39 is 11.5 Å². The minimum atomic E-state index is -2.06. The number of para-hydroxylation sites is 1. The number of nitrogens with zero attached hydrogens (tertiary/aromatic N) is 1.